The van der Waals surface area contributed by atoms with Gasteiger partial charge in [-0.1, -0.05) is 0 Å². The number of benzene rings is 1. The van der Waals surface area contributed by atoms with E-state index in [9.17, 15) is 8.42 Å². The highest BCUT2D eigenvalue weighted by molar-refractivity contribution is 7.89. The average Bonchev–Trinajstić information content (AvgIpc) is 3.07. The lowest BCUT2D eigenvalue weighted by Crippen LogP contribution is -2.40. The van der Waals surface area contributed by atoms with Crippen molar-refractivity contribution in [3.63, 3.8) is 0 Å². The van der Waals surface area contributed by atoms with Gasteiger partial charge in [-0.05, 0) is 36.2 Å². The number of nitrogens with one attached hydrogen (secondary N) is 1. The van der Waals surface area contributed by atoms with Crippen molar-refractivity contribution in [1.82, 2.24) is 9.71 Å². The van der Waals surface area contributed by atoms with Crippen LogP contribution in [0.5, 0.6) is 11.5 Å². The smallest absolute Gasteiger partial charge is 0.241 e. The number of hydrogen-bond acceptors (Lipinski definition) is 6. The second-order valence-electron chi connectivity index (χ2n) is 6.10. The Morgan fingerprint density at radius 1 is 1.12 bits per heavy atom. The predicted molar refractivity (Wildman–Crippen MR) is 95.9 cm³/mol. The van der Waals surface area contributed by atoms with Gasteiger partial charge in [0.2, 0.25) is 10.0 Å². The molecule has 1 fully saturated rings. The zero-order valence-corrected chi connectivity index (χ0v) is 15.5. The van der Waals surface area contributed by atoms with E-state index in [2.05, 4.69) is 9.71 Å². The van der Waals surface area contributed by atoms with E-state index in [0.717, 1.165) is 12.0 Å². The number of pyridine rings is 1. The van der Waals surface area contributed by atoms with E-state index in [1.54, 1.807) is 18.5 Å². The van der Waals surface area contributed by atoms with E-state index in [1.807, 2.05) is 12.1 Å². The van der Waals surface area contributed by atoms with Gasteiger partial charge >= 0.3 is 0 Å². The Labute approximate surface area is 153 Å². The fourth-order valence-corrected chi connectivity index (χ4v) is 4.31. The lowest BCUT2D eigenvalue weighted by Gasteiger charge is -2.19. The highest BCUT2D eigenvalue weighted by Crippen LogP contribution is 2.30. The van der Waals surface area contributed by atoms with E-state index in [0.29, 0.717) is 24.7 Å². The standard InChI is InChI=1S/C18H22N2O5S/c1-23-17-4-3-15(10-18(17)24-2)26(21,22)20-16-12-25-11-14(16)9-13-5-7-19-8-6-13/h3-8,10,14,16,20H,9,11-12H2,1-2H3/t14-,16-/m1/s1. The van der Waals surface area contributed by atoms with Gasteiger partial charge in [0.1, 0.15) is 0 Å². The summed E-state index contributed by atoms with van der Waals surface area (Å²) in [6, 6.07) is 8.09. The second-order valence-corrected chi connectivity index (χ2v) is 7.82. The van der Waals surface area contributed by atoms with Crippen LogP contribution in [-0.2, 0) is 21.2 Å². The van der Waals surface area contributed by atoms with Crippen molar-refractivity contribution in [2.24, 2.45) is 5.92 Å². The average molecular weight is 378 g/mol. The number of methoxy groups -OCH3 is 2. The minimum Gasteiger partial charge on any atom is -0.493 e. The first-order chi connectivity index (χ1) is 12.5. The quantitative estimate of drug-likeness (QED) is 0.788. The summed E-state index contributed by atoms with van der Waals surface area (Å²) in [5, 5.41) is 0. The van der Waals surface area contributed by atoms with Crippen LogP contribution in [0.2, 0.25) is 0 Å². The number of hydrogen-bond donors (Lipinski definition) is 1. The molecule has 1 saturated heterocycles. The maximum atomic E-state index is 12.8. The van der Waals surface area contributed by atoms with Crippen LogP contribution in [0.25, 0.3) is 0 Å². The Bertz CT molecular complexity index is 842. The Balaban J connectivity index is 1.76. The summed E-state index contributed by atoms with van der Waals surface area (Å²) in [6.07, 6.45) is 4.18. The minimum atomic E-state index is -3.70. The van der Waals surface area contributed by atoms with Gasteiger partial charge < -0.3 is 14.2 Å². The molecule has 0 saturated carbocycles. The number of ether oxygens (including phenoxy) is 3. The second kappa shape index (κ2) is 8.03. The molecule has 0 bridgehead atoms. The lowest BCUT2D eigenvalue weighted by atomic mass is 9.96. The highest BCUT2D eigenvalue weighted by Gasteiger charge is 2.32. The SMILES string of the molecule is COc1ccc(S(=O)(=O)N[C@@H]2COC[C@H]2Cc2ccncc2)cc1OC. The molecule has 7 nitrogen and oxygen atoms in total. The van der Waals surface area contributed by atoms with Gasteiger partial charge in [0, 0.05) is 24.4 Å². The van der Waals surface area contributed by atoms with Crippen LogP contribution in [0.3, 0.4) is 0 Å². The first kappa shape index (κ1) is 18.6. The summed E-state index contributed by atoms with van der Waals surface area (Å²) in [6.45, 7) is 0.865. The van der Waals surface area contributed by atoms with Gasteiger partial charge in [-0.2, -0.15) is 0 Å². The van der Waals surface area contributed by atoms with E-state index < -0.39 is 10.0 Å². The van der Waals surface area contributed by atoms with Crippen molar-refractivity contribution >= 4 is 10.0 Å². The third kappa shape index (κ3) is 4.14. The van der Waals surface area contributed by atoms with Crippen molar-refractivity contribution in [2.75, 3.05) is 27.4 Å². The Kier molecular flexibility index (Phi) is 5.75. The number of nitrogens with zero attached hydrogens (tertiary/aromatic N) is 1. The monoisotopic (exact) mass is 378 g/mol. The van der Waals surface area contributed by atoms with Crippen LogP contribution < -0.4 is 14.2 Å². The molecule has 1 N–H and O–H groups in total. The van der Waals surface area contributed by atoms with Crippen LogP contribution in [0.15, 0.2) is 47.6 Å². The molecule has 0 amide bonds. The van der Waals surface area contributed by atoms with Gasteiger partial charge in [0.05, 0.1) is 38.4 Å². The van der Waals surface area contributed by atoms with Gasteiger partial charge in [-0.15, -0.1) is 0 Å². The minimum absolute atomic E-state index is 0.0623. The molecule has 140 valence electrons. The normalized spacial score (nSPS) is 20.1. The molecule has 2 atom stereocenters. The predicted octanol–water partition coefficient (Wildman–Crippen LogP) is 1.63. The summed E-state index contributed by atoms with van der Waals surface area (Å²) >= 11 is 0. The molecule has 8 heteroatoms. The molecule has 3 rings (SSSR count). The van der Waals surface area contributed by atoms with Gasteiger partial charge in [0.25, 0.3) is 0 Å². The molecular weight excluding hydrogens is 356 g/mol. The summed E-state index contributed by atoms with van der Waals surface area (Å²) in [7, 11) is -0.731. The molecule has 2 heterocycles. The molecule has 0 radical (unpaired) electrons. The van der Waals surface area contributed by atoms with Crippen LogP contribution in [0.4, 0.5) is 0 Å². The Morgan fingerprint density at radius 2 is 1.85 bits per heavy atom. The summed E-state index contributed by atoms with van der Waals surface area (Å²) in [5.74, 6) is 0.907. The number of rotatable bonds is 7. The Hall–Kier alpha value is -2.16. The molecule has 0 spiro atoms. The largest absolute Gasteiger partial charge is 0.493 e. The zero-order chi connectivity index (χ0) is 18.6. The van der Waals surface area contributed by atoms with Crippen molar-refractivity contribution in [2.45, 2.75) is 17.4 Å². The fraction of sp³-hybridized carbons (Fsp3) is 0.389. The summed E-state index contributed by atoms with van der Waals surface area (Å²) < 4.78 is 44.2. The third-order valence-electron chi connectivity index (χ3n) is 4.42. The summed E-state index contributed by atoms with van der Waals surface area (Å²) in [5.41, 5.74) is 1.10. The van der Waals surface area contributed by atoms with Crippen molar-refractivity contribution in [1.29, 1.82) is 0 Å². The molecule has 1 aromatic carbocycles. The number of sulfonamides is 1. The van der Waals surface area contributed by atoms with Crippen LogP contribution in [0, 0.1) is 5.92 Å². The van der Waals surface area contributed by atoms with Crippen LogP contribution >= 0.6 is 0 Å². The van der Waals surface area contributed by atoms with Crippen molar-refractivity contribution in [3.8, 4) is 11.5 Å². The van der Waals surface area contributed by atoms with Gasteiger partial charge in [0.15, 0.2) is 11.5 Å². The van der Waals surface area contributed by atoms with Crippen molar-refractivity contribution < 1.29 is 22.6 Å². The fourth-order valence-electron chi connectivity index (χ4n) is 3.00. The topological polar surface area (TPSA) is 86.8 Å². The van der Waals surface area contributed by atoms with E-state index in [1.165, 1.54) is 26.4 Å². The first-order valence-corrected chi connectivity index (χ1v) is 9.73. The van der Waals surface area contributed by atoms with Gasteiger partial charge in [-0.25, -0.2) is 13.1 Å². The molecular formula is C18H22N2O5S. The third-order valence-corrected chi connectivity index (χ3v) is 5.91. The molecule has 1 aromatic heterocycles. The van der Waals surface area contributed by atoms with E-state index in [-0.39, 0.29) is 16.9 Å². The molecule has 0 aliphatic carbocycles. The molecule has 26 heavy (non-hydrogen) atoms. The first-order valence-electron chi connectivity index (χ1n) is 8.24. The Morgan fingerprint density at radius 3 is 2.54 bits per heavy atom. The van der Waals surface area contributed by atoms with Crippen LogP contribution in [-0.4, -0.2) is 46.9 Å². The zero-order valence-electron chi connectivity index (χ0n) is 14.7. The van der Waals surface area contributed by atoms with Crippen LogP contribution in [0.1, 0.15) is 5.56 Å². The lowest BCUT2D eigenvalue weighted by molar-refractivity contribution is 0.183. The van der Waals surface area contributed by atoms with Gasteiger partial charge in [-0.3, -0.25) is 4.98 Å². The molecule has 1 aliphatic rings. The molecule has 1 aliphatic heterocycles. The van der Waals surface area contributed by atoms with E-state index in [4.69, 9.17) is 14.2 Å². The molecule has 0 unspecified atom stereocenters. The highest BCUT2D eigenvalue weighted by atomic mass is 32.2. The number of aromatic nitrogens is 1. The van der Waals surface area contributed by atoms with Crippen molar-refractivity contribution in [3.05, 3.63) is 48.3 Å². The summed E-state index contributed by atoms with van der Waals surface area (Å²) in [4.78, 5) is 4.13. The maximum Gasteiger partial charge on any atom is 0.241 e. The maximum absolute atomic E-state index is 12.8. The van der Waals surface area contributed by atoms with E-state index >= 15 is 0 Å². The molecule has 2 aromatic rings.